The first-order valence-electron chi connectivity index (χ1n) is 6.38. The van der Waals surface area contributed by atoms with Gasteiger partial charge in [0.25, 0.3) is 0 Å². The summed E-state index contributed by atoms with van der Waals surface area (Å²) in [6.45, 7) is 3.68. The third-order valence-electron chi connectivity index (χ3n) is 4.39. The van der Waals surface area contributed by atoms with Gasteiger partial charge >= 0.3 is 5.97 Å². The Balaban J connectivity index is 1.98. The highest BCUT2D eigenvalue weighted by molar-refractivity contribution is 8.02. The summed E-state index contributed by atoms with van der Waals surface area (Å²) in [5.41, 5.74) is 0.510. The molecule has 1 atom stereocenters. The lowest BCUT2D eigenvalue weighted by Crippen LogP contribution is -2.47. The van der Waals surface area contributed by atoms with Crippen LogP contribution in [0, 0.1) is 5.41 Å². The van der Waals surface area contributed by atoms with Gasteiger partial charge in [0, 0.05) is 5.25 Å². The van der Waals surface area contributed by atoms with E-state index < -0.39 is 10.7 Å². The molecule has 0 saturated heterocycles. The maximum Gasteiger partial charge on any atom is 0.319 e. The molecular formula is C13H22O2S. The predicted molar refractivity (Wildman–Crippen MR) is 67.8 cm³/mol. The lowest BCUT2D eigenvalue weighted by molar-refractivity contribution is -0.138. The number of rotatable bonds is 3. The summed E-state index contributed by atoms with van der Waals surface area (Å²) < 4.78 is -0.616. The van der Waals surface area contributed by atoms with E-state index in [9.17, 15) is 9.90 Å². The second-order valence-electron chi connectivity index (χ2n) is 5.88. The van der Waals surface area contributed by atoms with E-state index in [0.29, 0.717) is 10.7 Å². The van der Waals surface area contributed by atoms with E-state index in [4.69, 9.17) is 0 Å². The number of carbonyl (C=O) groups is 1. The molecule has 0 aliphatic heterocycles. The van der Waals surface area contributed by atoms with Crippen molar-refractivity contribution in [2.24, 2.45) is 5.41 Å². The fourth-order valence-corrected chi connectivity index (χ4v) is 4.74. The van der Waals surface area contributed by atoms with E-state index >= 15 is 0 Å². The Morgan fingerprint density at radius 2 is 1.88 bits per heavy atom. The highest BCUT2D eigenvalue weighted by Gasteiger charge is 2.49. The molecule has 1 spiro atoms. The Hall–Kier alpha value is -0.180. The Morgan fingerprint density at radius 1 is 1.25 bits per heavy atom. The smallest absolute Gasteiger partial charge is 0.319 e. The Kier molecular flexibility index (Phi) is 3.26. The van der Waals surface area contributed by atoms with E-state index in [2.05, 4.69) is 0 Å². The number of aliphatic carboxylic acids is 1. The summed E-state index contributed by atoms with van der Waals surface area (Å²) >= 11 is 1.70. The van der Waals surface area contributed by atoms with Crippen molar-refractivity contribution >= 4 is 17.7 Å². The second-order valence-corrected chi connectivity index (χ2v) is 7.71. The van der Waals surface area contributed by atoms with Crippen LogP contribution < -0.4 is 0 Å². The SMILES string of the molecule is CC(C)(SC1CCC12CCCCC2)C(=O)O. The lowest BCUT2D eigenvalue weighted by atomic mass is 9.60. The minimum absolute atomic E-state index is 0.510. The third-order valence-corrected chi connectivity index (χ3v) is 6.17. The fourth-order valence-electron chi connectivity index (χ4n) is 3.09. The number of hydrogen-bond acceptors (Lipinski definition) is 2. The molecule has 16 heavy (non-hydrogen) atoms. The van der Waals surface area contributed by atoms with Crippen LogP contribution in [-0.2, 0) is 4.79 Å². The van der Waals surface area contributed by atoms with Crippen molar-refractivity contribution in [1.82, 2.24) is 0 Å². The van der Waals surface area contributed by atoms with Crippen molar-refractivity contribution < 1.29 is 9.90 Å². The first-order valence-corrected chi connectivity index (χ1v) is 7.25. The zero-order valence-electron chi connectivity index (χ0n) is 10.3. The van der Waals surface area contributed by atoms with Crippen LogP contribution in [0.1, 0.15) is 58.8 Å². The number of carboxylic acid groups (broad SMARTS) is 1. The van der Waals surface area contributed by atoms with Gasteiger partial charge in [-0.15, -0.1) is 11.8 Å². The van der Waals surface area contributed by atoms with Gasteiger partial charge < -0.3 is 5.11 Å². The molecule has 0 aromatic heterocycles. The first kappa shape index (κ1) is 12.3. The summed E-state index contributed by atoms with van der Waals surface area (Å²) in [4.78, 5) is 11.1. The molecule has 2 rings (SSSR count). The van der Waals surface area contributed by atoms with Crippen LogP contribution in [0.4, 0.5) is 0 Å². The van der Waals surface area contributed by atoms with Gasteiger partial charge in [-0.25, -0.2) is 0 Å². The van der Waals surface area contributed by atoms with Gasteiger partial charge in [-0.2, -0.15) is 0 Å². The standard InChI is InChI=1S/C13H22O2S/c1-12(2,11(14)15)16-10-6-9-13(10)7-4-3-5-8-13/h10H,3-9H2,1-2H3,(H,14,15). The van der Waals surface area contributed by atoms with Crippen LogP contribution in [0.5, 0.6) is 0 Å². The number of thioether (sulfide) groups is 1. The summed E-state index contributed by atoms with van der Waals surface area (Å²) in [7, 11) is 0. The summed E-state index contributed by atoms with van der Waals surface area (Å²) in [6.07, 6.45) is 9.30. The number of carboxylic acids is 1. The van der Waals surface area contributed by atoms with Crippen LogP contribution in [0.15, 0.2) is 0 Å². The summed E-state index contributed by atoms with van der Waals surface area (Å²) in [6, 6.07) is 0. The topological polar surface area (TPSA) is 37.3 Å². The van der Waals surface area contributed by atoms with Gasteiger partial charge in [0.1, 0.15) is 4.75 Å². The van der Waals surface area contributed by atoms with Gasteiger partial charge in [0.05, 0.1) is 0 Å². The molecule has 2 saturated carbocycles. The molecule has 0 heterocycles. The van der Waals surface area contributed by atoms with Gasteiger partial charge in [0.15, 0.2) is 0 Å². The Bertz CT molecular complexity index is 280. The average Bonchev–Trinajstić information content (AvgIpc) is 2.26. The molecule has 2 fully saturated rings. The zero-order valence-corrected chi connectivity index (χ0v) is 11.1. The quantitative estimate of drug-likeness (QED) is 0.820. The fraction of sp³-hybridized carbons (Fsp3) is 0.923. The van der Waals surface area contributed by atoms with E-state index in [1.54, 1.807) is 11.8 Å². The molecule has 0 bridgehead atoms. The third kappa shape index (κ3) is 2.11. The van der Waals surface area contributed by atoms with E-state index in [1.165, 1.54) is 44.9 Å². The zero-order chi connectivity index (χ0) is 11.8. The molecule has 0 amide bonds. The monoisotopic (exact) mass is 242 g/mol. The van der Waals surface area contributed by atoms with Gasteiger partial charge in [-0.1, -0.05) is 19.3 Å². The highest BCUT2D eigenvalue weighted by atomic mass is 32.2. The molecule has 3 heteroatoms. The van der Waals surface area contributed by atoms with E-state index in [1.807, 2.05) is 13.8 Å². The van der Waals surface area contributed by atoms with Crippen molar-refractivity contribution in [3.63, 3.8) is 0 Å². The van der Waals surface area contributed by atoms with Crippen molar-refractivity contribution in [2.75, 3.05) is 0 Å². The normalized spacial score (nSPS) is 28.8. The van der Waals surface area contributed by atoms with E-state index in [-0.39, 0.29) is 0 Å². The van der Waals surface area contributed by atoms with Crippen molar-refractivity contribution in [3.8, 4) is 0 Å². The molecule has 92 valence electrons. The molecule has 2 nitrogen and oxygen atoms in total. The van der Waals surface area contributed by atoms with Crippen molar-refractivity contribution in [2.45, 2.75) is 68.8 Å². The maximum absolute atomic E-state index is 11.1. The first-order chi connectivity index (χ1) is 7.46. The largest absolute Gasteiger partial charge is 0.480 e. The van der Waals surface area contributed by atoms with Crippen LogP contribution >= 0.6 is 11.8 Å². The van der Waals surface area contributed by atoms with Crippen LogP contribution in [0.25, 0.3) is 0 Å². The molecule has 1 N–H and O–H groups in total. The van der Waals surface area contributed by atoms with Crippen LogP contribution in [0.2, 0.25) is 0 Å². The molecule has 1 unspecified atom stereocenters. The van der Waals surface area contributed by atoms with Crippen LogP contribution in [0.3, 0.4) is 0 Å². The summed E-state index contributed by atoms with van der Waals surface area (Å²) in [5.74, 6) is -0.671. The van der Waals surface area contributed by atoms with Gasteiger partial charge in [-0.3, -0.25) is 4.79 Å². The van der Waals surface area contributed by atoms with Gasteiger partial charge in [0.2, 0.25) is 0 Å². The molecular weight excluding hydrogens is 220 g/mol. The molecule has 2 aliphatic rings. The Labute approximate surface area is 102 Å². The van der Waals surface area contributed by atoms with E-state index in [0.717, 1.165) is 0 Å². The minimum atomic E-state index is -0.671. The van der Waals surface area contributed by atoms with Gasteiger partial charge in [-0.05, 0) is 44.9 Å². The van der Waals surface area contributed by atoms with Crippen molar-refractivity contribution in [3.05, 3.63) is 0 Å². The highest BCUT2D eigenvalue weighted by Crippen LogP contribution is 2.58. The lowest BCUT2D eigenvalue weighted by Gasteiger charge is -2.53. The second kappa shape index (κ2) is 4.25. The minimum Gasteiger partial charge on any atom is -0.480 e. The molecule has 0 aromatic rings. The number of hydrogen-bond donors (Lipinski definition) is 1. The van der Waals surface area contributed by atoms with Crippen molar-refractivity contribution in [1.29, 1.82) is 0 Å². The molecule has 0 aromatic carbocycles. The molecule has 2 aliphatic carbocycles. The molecule has 0 radical (unpaired) electrons. The average molecular weight is 242 g/mol. The van der Waals surface area contributed by atoms with Crippen LogP contribution in [-0.4, -0.2) is 21.1 Å². The predicted octanol–water partition coefficient (Wildman–Crippen LogP) is 3.70. The maximum atomic E-state index is 11.1. The Morgan fingerprint density at radius 3 is 2.31 bits per heavy atom. The summed E-state index contributed by atoms with van der Waals surface area (Å²) in [5, 5.41) is 9.77.